The van der Waals surface area contributed by atoms with Gasteiger partial charge in [0.1, 0.15) is 0 Å². The molecule has 28 heavy (non-hydrogen) atoms. The molecule has 0 fully saturated rings. The fourth-order valence-electron chi connectivity index (χ4n) is 4.70. The maximum absolute atomic E-state index is 9.81. The fourth-order valence-corrected chi connectivity index (χ4v) is 4.70. The van der Waals surface area contributed by atoms with Gasteiger partial charge in [-0.05, 0) is 87.4 Å². The molecule has 0 unspecified atom stereocenters. The van der Waals surface area contributed by atoms with E-state index in [2.05, 4.69) is 36.4 Å². The molecule has 3 heteroatoms. The van der Waals surface area contributed by atoms with Crippen LogP contribution in [0.3, 0.4) is 0 Å². The first-order valence-electron chi connectivity index (χ1n) is 9.84. The van der Waals surface area contributed by atoms with E-state index < -0.39 is 0 Å². The number of hydrogen-bond acceptors (Lipinski definition) is 3. The first kappa shape index (κ1) is 16.9. The normalized spacial score (nSPS) is 14.6. The SMILES string of the molecule is NC1=c2ccc3c(c2CCC1)CC=c1c(Cc2ccc(O)c(O)c2)cccc1=3. The highest BCUT2D eigenvalue weighted by atomic mass is 16.3. The van der Waals surface area contributed by atoms with Crippen molar-refractivity contribution in [2.75, 3.05) is 0 Å². The number of rotatable bonds is 2. The van der Waals surface area contributed by atoms with Gasteiger partial charge in [0.15, 0.2) is 11.5 Å². The lowest BCUT2D eigenvalue weighted by molar-refractivity contribution is 0.403. The molecule has 3 aromatic rings. The first-order valence-corrected chi connectivity index (χ1v) is 9.84. The smallest absolute Gasteiger partial charge is 0.157 e. The minimum atomic E-state index is -0.0832. The zero-order valence-corrected chi connectivity index (χ0v) is 15.7. The maximum Gasteiger partial charge on any atom is 0.157 e. The molecule has 0 saturated heterocycles. The fraction of sp³-hybridized carbons (Fsp3) is 0.200. The monoisotopic (exact) mass is 369 g/mol. The summed E-state index contributed by atoms with van der Waals surface area (Å²) in [6.07, 6.45) is 7.21. The van der Waals surface area contributed by atoms with E-state index in [1.807, 2.05) is 6.07 Å². The van der Waals surface area contributed by atoms with Gasteiger partial charge in [0, 0.05) is 5.70 Å². The van der Waals surface area contributed by atoms with Crippen LogP contribution in [0.1, 0.15) is 35.1 Å². The van der Waals surface area contributed by atoms with Gasteiger partial charge in [-0.15, -0.1) is 0 Å². The first-order chi connectivity index (χ1) is 13.6. The molecule has 2 aliphatic rings. The van der Waals surface area contributed by atoms with E-state index in [1.54, 1.807) is 12.1 Å². The highest BCUT2D eigenvalue weighted by molar-refractivity contribution is 5.53. The summed E-state index contributed by atoms with van der Waals surface area (Å²) in [5.74, 6) is -0.155. The van der Waals surface area contributed by atoms with Crippen LogP contribution in [0.15, 0.2) is 48.5 Å². The molecular formula is C25H23NO2. The molecule has 0 saturated carbocycles. The third-order valence-corrected chi connectivity index (χ3v) is 6.08. The van der Waals surface area contributed by atoms with Gasteiger partial charge in [-0.25, -0.2) is 0 Å². The molecule has 0 atom stereocenters. The van der Waals surface area contributed by atoms with Gasteiger partial charge in [-0.3, -0.25) is 0 Å². The number of hydrogen-bond donors (Lipinski definition) is 3. The highest BCUT2D eigenvalue weighted by Gasteiger charge is 2.15. The molecule has 0 bridgehead atoms. The Morgan fingerprint density at radius 2 is 1.68 bits per heavy atom. The van der Waals surface area contributed by atoms with E-state index in [-0.39, 0.29) is 11.5 Å². The molecule has 4 N–H and O–H groups in total. The number of fused-ring (bicyclic) bond motifs is 4. The molecule has 3 nitrogen and oxygen atoms in total. The van der Waals surface area contributed by atoms with Crippen molar-refractivity contribution in [3.8, 4) is 11.5 Å². The van der Waals surface area contributed by atoms with Crippen molar-refractivity contribution in [3.05, 3.63) is 91.7 Å². The van der Waals surface area contributed by atoms with Gasteiger partial charge >= 0.3 is 0 Å². The summed E-state index contributed by atoms with van der Waals surface area (Å²) < 4.78 is 0. The molecule has 2 aliphatic carbocycles. The molecule has 5 rings (SSSR count). The minimum Gasteiger partial charge on any atom is -0.504 e. The Morgan fingerprint density at radius 3 is 2.54 bits per heavy atom. The zero-order chi connectivity index (χ0) is 19.3. The van der Waals surface area contributed by atoms with Gasteiger partial charge < -0.3 is 15.9 Å². The summed E-state index contributed by atoms with van der Waals surface area (Å²) >= 11 is 0. The Kier molecular flexibility index (Phi) is 3.90. The largest absolute Gasteiger partial charge is 0.504 e. The van der Waals surface area contributed by atoms with Crippen LogP contribution in [0.4, 0.5) is 0 Å². The van der Waals surface area contributed by atoms with E-state index in [9.17, 15) is 10.2 Å². The molecule has 3 aromatic carbocycles. The molecule has 0 radical (unpaired) electrons. The van der Waals surface area contributed by atoms with Crippen LogP contribution in [-0.2, 0) is 19.3 Å². The third kappa shape index (κ3) is 2.66. The molecule has 0 aliphatic heterocycles. The molecule has 0 spiro atoms. The van der Waals surface area contributed by atoms with Crippen LogP contribution in [-0.4, -0.2) is 10.2 Å². The number of aromatic hydroxyl groups is 2. The lowest BCUT2D eigenvalue weighted by Crippen LogP contribution is -2.26. The van der Waals surface area contributed by atoms with Gasteiger partial charge in [-0.1, -0.05) is 42.5 Å². The van der Waals surface area contributed by atoms with E-state index >= 15 is 0 Å². The third-order valence-electron chi connectivity index (χ3n) is 6.08. The van der Waals surface area contributed by atoms with Crippen LogP contribution >= 0.6 is 0 Å². The Morgan fingerprint density at radius 1 is 0.821 bits per heavy atom. The van der Waals surface area contributed by atoms with Crippen LogP contribution < -0.4 is 16.2 Å². The van der Waals surface area contributed by atoms with Crippen molar-refractivity contribution < 1.29 is 10.2 Å². The van der Waals surface area contributed by atoms with E-state index in [4.69, 9.17) is 5.73 Å². The predicted octanol–water partition coefficient (Wildman–Crippen LogP) is 2.72. The quantitative estimate of drug-likeness (QED) is 0.609. The number of phenols is 2. The predicted molar refractivity (Wildman–Crippen MR) is 111 cm³/mol. The summed E-state index contributed by atoms with van der Waals surface area (Å²) in [5.41, 5.74) is 12.4. The number of phenolic OH excluding ortho intramolecular Hbond substituents is 2. The minimum absolute atomic E-state index is 0.0721. The average Bonchev–Trinajstić information content (AvgIpc) is 2.71. The van der Waals surface area contributed by atoms with Gasteiger partial charge in [0.25, 0.3) is 0 Å². The molecule has 140 valence electrons. The van der Waals surface area contributed by atoms with Crippen molar-refractivity contribution in [3.63, 3.8) is 0 Å². The van der Waals surface area contributed by atoms with Crippen molar-refractivity contribution in [2.45, 2.75) is 32.1 Å². The van der Waals surface area contributed by atoms with Crippen molar-refractivity contribution in [2.24, 2.45) is 5.73 Å². The van der Waals surface area contributed by atoms with Crippen molar-refractivity contribution in [1.82, 2.24) is 0 Å². The van der Waals surface area contributed by atoms with Crippen LogP contribution in [0.5, 0.6) is 11.5 Å². The Balaban J connectivity index is 1.72. The van der Waals surface area contributed by atoms with Gasteiger partial charge in [0.05, 0.1) is 0 Å². The molecule has 0 heterocycles. The van der Waals surface area contributed by atoms with E-state index in [0.29, 0.717) is 6.42 Å². The summed E-state index contributed by atoms with van der Waals surface area (Å²) in [4.78, 5) is 0. The van der Waals surface area contributed by atoms with E-state index in [1.165, 1.54) is 37.6 Å². The second-order valence-corrected chi connectivity index (χ2v) is 7.78. The van der Waals surface area contributed by atoms with Crippen LogP contribution in [0.25, 0.3) is 11.8 Å². The summed E-state index contributed by atoms with van der Waals surface area (Å²) in [6, 6.07) is 15.9. The van der Waals surface area contributed by atoms with Crippen LogP contribution in [0.2, 0.25) is 0 Å². The standard InChI is InChI=1S/C25H23NO2/c26-23-6-2-5-19-21-9-8-17-16(13-15-7-12-24(27)25(28)14-15)3-1-4-18(17)20(21)10-11-22(19)23/h1,3-4,7-8,10-12,14,27-28H,2,5-6,9,13,26H2. The molecule has 0 amide bonds. The lowest BCUT2D eigenvalue weighted by Gasteiger charge is -2.19. The van der Waals surface area contributed by atoms with Crippen molar-refractivity contribution in [1.29, 1.82) is 0 Å². The highest BCUT2D eigenvalue weighted by Crippen LogP contribution is 2.26. The second kappa shape index (κ2) is 6.45. The van der Waals surface area contributed by atoms with Gasteiger partial charge in [-0.2, -0.15) is 0 Å². The number of benzene rings is 3. The summed E-state index contributed by atoms with van der Waals surface area (Å²) in [5, 5.41) is 24.5. The zero-order valence-electron chi connectivity index (χ0n) is 15.7. The summed E-state index contributed by atoms with van der Waals surface area (Å²) in [6.45, 7) is 0. The second-order valence-electron chi connectivity index (χ2n) is 7.78. The topological polar surface area (TPSA) is 66.5 Å². The van der Waals surface area contributed by atoms with Crippen LogP contribution in [0, 0.1) is 10.4 Å². The van der Waals surface area contributed by atoms with Crippen molar-refractivity contribution >= 4 is 11.8 Å². The van der Waals surface area contributed by atoms with E-state index in [0.717, 1.165) is 36.9 Å². The Bertz CT molecular complexity index is 1320. The Labute approximate surface area is 163 Å². The molecular weight excluding hydrogens is 346 g/mol. The lowest BCUT2D eigenvalue weighted by atomic mass is 9.87. The van der Waals surface area contributed by atoms with Gasteiger partial charge in [0.2, 0.25) is 0 Å². The Hall–Kier alpha value is -3.20. The average molecular weight is 369 g/mol. The summed E-state index contributed by atoms with van der Waals surface area (Å²) in [7, 11) is 0. The molecule has 0 aromatic heterocycles. The maximum atomic E-state index is 9.81. The number of nitrogens with two attached hydrogens (primary N) is 1.